The van der Waals surface area contributed by atoms with Crippen LogP contribution in [0.15, 0.2) is 0 Å². The zero-order valence-corrected chi connectivity index (χ0v) is 13.0. The predicted molar refractivity (Wildman–Crippen MR) is 71.7 cm³/mol. The smallest absolute Gasteiger partial charge is 0.405 e. The van der Waals surface area contributed by atoms with E-state index in [1.165, 1.54) is 0 Å². The van der Waals surface area contributed by atoms with E-state index >= 15 is 0 Å². The number of alkyl halides is 2. The highest BCUT2D eigenvalue weighted by molar-refractivity contribution is 7.86. The Hall–Kier alpha value is -0.800. The maximum absolute atomic E-state index is 13.4. The Bertz CT molecular complexity index is 541. The van der Waals surface area contributed by atoms with Crippen molar-refractivity contribution in [3.05, 3.63) is 0 Å². The Morgan fingerprint density at radius 2 is 1.86 bits per heavy atom. The van der Waals surface area contributed by atoms with Crippen LogP contribution in [0.25, 0.3) is 0 Å². The lowest BCUT2D eigenvalue weighted by Gasteiger charge is -2.44. The molecule has 2 fully saturated rings. The van der Waals surface area contributed by atoms with Crippen LogP contribution in [0.1, 0.15) is 45.4 Å². The monoisotopic (exact) mass is 342 g/mol. The van der Waals surface area contributed by atoms with E-state index in [1.807, 2.05) is 0 Å². The third kappa shape index (κ3) is 2.98. The summed E-state index contributed by atoms with van der Waals surface area (Å²) in [7, 11) is -5.66. The molecule has 0 amide bonds. The predicted octanol–water partition coefficient (Wildman–Crippen LogP) is 1.73. The van der Waals surface area contributed by atoms with Crippen molar-refractivity contribution in [3.8, 4) is 0 Å². The van der Waals surface area contributed by atoms with E-state index in [1.54, 1.807) is 0 Å². The average Bonchev–Trinajstić information content (AvgIpc) is 2.72. The minimum Gasteiger partial charge on any atom is -0.455 e. The van der Waals surface area contributed by atoms with Gasteiger partial charge < -0.3 is 9.84 Å². The van der Waals surface area contributed by atoms with Gasteiger partial charge in [0.1, 0.15) is 0 Å². The molecule has 0 aromatic heterocycles. The standard InChI is InChI=1S/C13H20F2O6S/c1-8(13(14,15)22(18,19)20)21-11(16)9-4-5-10(9)12(17)6-2-3-7-12/h8-10,17H,2-7H2,1H3,(H,18,19,20). The van der Waals surface area contributed by atoms with Gasteiger partial charge in [-0.25, -0.2) is 0 Å². The maximum atomic E-state index is 13.4. The first-order valence-corrected chi connectivity index (χ1v) is 8.71. The van der Waals surface area contributed by atoms with Crippen molar-refractivity contribution in [2.24, 2.45) is 11.8 Å². The number of rotatable bonds is 5. The number of aliphatic hydroxyl groups is 1. The first kappa shape index (κ1) is 17.6. The first-order valence-electron chi connectivity index (χ1n) is 7.27. The van der Waals surface area contributed by atoms with Gasteiger partial charge in [-0.15, -0.1) is 0 Å². The Balaban J connectivity index is 2.01. The molecule has 2 aliphatic rings. The molecule has 9 heteroatoms. The number of hydrogen-bond donors (Lipinski definition) is 2. The second kappa shape index (κ2) is 5.68. The number of halogens is 2. The van der Waals surface area contributed by atoms with Gasteiger partial charge in [-0.05, 0) is 32.6 Å². The second-order valence-corrected chi connectivity index (χ2v) is 7.71. The van der Waals surface area contributed by atoms with Crippen LogP contribution in [0.2, 0.25) is 0 Å². The van der Waals surface area contributed by atoms with E-state index in [0.29, 0.717) is 32.6 Å². The van der Waals surface area contributed by atoms with Crippen LogP contribution in [0, 0.1) is 11.8 Å². The average molecular weight is 342 g/mol. The zero-order chi connectivity index (χ0) is 16.8. The highest BCUT2D eigenvalue weighted by Crippen LogP contribution is 2.49. The Morgan fingerprint density at radius 3 is 2.27 bits per heavy atom. The number of carbonyl (C=O) groups is 1. The molecule has 0 heterocycles. The van der Waals surface area contributed by atoms with Crippen molar-refractivity contribution < 1.29 is 36.4 Å². The molecule has 0 spiro atoms. The summed E-state index contributed by atoms with van der Waals surface area (Å²) in [6.07, 6.45) is 1.57. The van der Waals surface area contributed by atoms with Gasteiger partial charge in [0.25, 0.3) is 0 Å². The van der Waals surface area contributed by atoms with Crippen LogP contribution in [0.5, 0.6) is 0 Å². The summed E-state index contributed by atoms with van der Waals surface area (Å²) in [4.78, 5) is 12.0. The van der Waals surface area contributed by atoms with E-state index in [2.05, 4.69) is 4.74 Å². The molecule has 0 saturated heterocycles. The minimum absolute atomic E-state index is 0.339. The number of hydrogen-bond acceptors (Lipinski definition) is 5. The summed E-state index contributed by atoms with van der Waals surface area (Å²) >= 11 is 0. The van der Waals surface area contributed by atoms with Gasteiger partial charge >= 0.3 is 21.3 Å². The SMILES string of the molecule is CC(OC(=O)C1CCC1C1(O)CCCC1)C(F)(F)S(=O)(=O)O. The van der Waals surface area contributed by atoms with Crippen LogP contribution in [0.4, 0.5) is 8.78 Å². The van der Waals surface area contributed by atoms with Crippen molar-refractivity contribution >= 4 is 16.1 Å². The molecule has 0 aromatic carbocycles. The molecule has 0 bridgehead atoms. The van der Waals surface area contributed by atoms with Gasteiger partial charge in [-0.3, -0.25) is 9.35 Å². The van der Waals surface area contributed by atoms with E-state index in [4.69, 9.17) is 4.55 Å². The van der Waals surface area contributed by atoms with E-state index in [9.17, 15) is 27.1 Å². The Labute approximate surface area is 127 Å². The summed E-state index contributed by atoms with van der Waals surface area (Å²) < 4.78 is 61.0. The molecule has 2 aliphatic carbocycles. The number of carbonyl (C=O) groups excluding carboxylic acids is 1. The molecule has 3 unspecified atom stereocenters. The lowest BCUT2D eigenvalue weighted by Crippen LogP contribution is -2.50. The molecule has 3 atom stereocenters. The number of esters is 1. The Kier molecular flexibility index (Phi) is 4.53. The molecular formula is C13H20F2O6S. The van der Waals surface area contributed by atoms with Crippen molar-refractivity contribution in [1.29, 1.82) is 0 Å². The molecule has 2 saturated carbocycles. The van der Waals surface area contributed by atoms with Crippen molar-refractivity contribution in [1.82, 2.24) is 0 Å². The first-order chi connectivity index (χ1) is 9.99. The van der Waals surface area contributed by atoms with Crippen LogP contribution in [0.3, 0.4) is 0 Å². The van der Waals surface area contributed by atoms with Crippen LogP contribution < -0.4 is 0 Å². The molecule has 128 valence electrons. The Morgan fingerprint density at radius 1 is 1.32 bits per heavy atom. The molecule has 0 radical (unpaired) electrons. The van der Waals surface area contributed by atoms with Gasteiger partial charge in [0.2, 0.25) is 0 Å². The largest absolute Gasteiger partial charge is 0.455 e. The van der Waals surface area contributed by atoms with E-state index < -0.39 is 39.0 Å². The molecule has 6 nitrogen and oxygen atoms in total. The third-order valence-electron chi connectivity index (χ3n) is 4.85. The highest BCUT2D eigenvalue weighted by atomic mass is 32.2. The summed E-state index contributed by atoms with van der Waals surface area (Å²) in [6.45, 7) is 0.712. The van der Waals surface area contributed by atoms with E-state index in [-0.39, 0.29) is 5.92 Å². The minimum atomic E-state index is -5.66. The third-order valence-corrected chi connectivity index (χ3v) is 5.87. The van der Waals surface area contributed by atoms with Gasteiger partial charge in [-0.2, -0.15) is 17.2 Å². The lowest BCUT2D eigenvalue weighted by molar-refractivity contribution is -0.179. The van der Waals surface area contributed by atoms with Gasteiger partial charge in [0.15, 0.2) is 6.10 Å². The van der Waals surface area contributed by atoms with E-state index in [0.717, 1.165) is 12.8 Å². The molecule has 2 N–H and O–H groups in total. The fourth-order valence-corrected chi connectivity index (χ4v) is 3.79. The summed E-state index contributed by atoms with van der Waals surface area (Å²) in [5, 5.41) is 5.90. The normalized spacial score (nSPS) is 29.7. The maximum Gasteiger partial charge on any atom is 0.405 e. The summed E-state index contributed by atoms with van der Waals surface area (Å²) in [5.41, 5.74) is -0.962. The second-order valence-electron chi connectivity index (χ2n) is 6.22. The van der Waals surface area contributed by atoms with Crippen molar-refractivity contribution in [2.45, 2.75) is 62.4 Å². The highest BCUT2D eigenvalue weighted by Gasteiger charge is 2.55. The lowest BCUT2D eigenvalue weighted by atomic mass is 9.64. The molecule has 22 heavy (non-hydrogen) atoms. The van der Waals surface area contributed by atoms with Crippen molar-refractivity contribution in [2.75, 3.05) is 0 Å². The topological polar surface area (TPSA) is 101 Å². The van der Waals surface area contributed by atoms with Crippen LogP contribution >= 0.6 is 0 Å². The molecule has 2 rings (SSSR count). The van der Waals surface area contributed by atoms with Gasteiger partial charge in [-0.1, -0.05) is 12.8 Å². The number of ether oxygens (including phenoxy) is 1. The van der Waals surface area contributed by atoms with Crippen molar-refractivity contribution in [3.63, 3.8) is 0 Å². The van der Waals surface area contributed by atoms with Gasteiger partial charge in [0.05, 0.1) is 11.5 Å². The fourth-order valence-electron chi connectivity index (χ4n) is 3.32. The van der Waals surface area contributed by atoms with Crippen LogP contribution in [-0.2, 0) is 19.6 Å². The molecule has 0 aromatic rings. The molecule has 0 aliphatic heterocycles. The van der Waals surface area contributed by atoms with Crippen LogP contribution in [-0.4, -0.2) is 41.0 Å². The fraction of sp³-hybridized carbons (Fsp3) is 0.923. The molecular weight excluding hydrogens is 322 g/mol. The van der Waals surface area contributed by atoms with Gasteiger partial charge in [0, 0.05) is 5.92 Å². The quantitative estimate of drug-likeness (QED) is 0.583. The summed E-state index contributed by atoms with van der Waals surface area (Å²) in [5.74, 6) is -2.00. The zero-order valence-electron chi connectivity index (χ0n) is 12.2. The summed E-state index contributed by atoms with van der Waals surface area (Å²) in [6, 6.07) is 0.